The zero-order chi connectivity index (χ0) is 12.0. The van der Waals surface area contributed by atoms with E-state index in [0.29, 0.717) is 0 Å². The van der Waals surface area contributed by atoms with E-state index in [9.17, 15) is 0 Å². The largest absolute Gasteiger partial charge is 0.292 e. The molecule has 1 heteroatoms. The van der Waals surface area contributed by atoms with E-state index < -0.39 is 0 Å². The van der Waals surface area contributed by atoms with E-state index in [-0.39, 0.29) is 0 Å². The van der Waals surface area contributed by atoms with Gasteiger partial charge in [0.1, 0.15) is 12.2 Å². The molecule has 0 saturated heterocycles. The molecular weight excluding hydrogens is 206 g/mol. The summed E-state index contributed by atoms with van der Waals surface area (Å²) in [4.78, 5) is 0. The number of aryl methyl sites for hydroxylation is 1. The van der Waals surface area contributed by atoms with Crippen molar-refractivity contribution in [2.75, 3.05) is 14.1 Å². The van der Waals surface area contributed by atoms with Gasteiger partial charge in [0.15, 0.2) is 0 Å². The maximum Gasteiger partial charge on any atom is 0.140 e. The van der Waals surface area contributed by atoms with Crippen LogP contribution in [0.15, 0.2) is 42.5 Å². The Hall–Kier alpha value is -1.60. The molecule has 17 heavy (non-hydrogen) atoms. The summed E-state index contributed by atoms with van der Waals surface area (Å²) in [5.74, 6) is 0. The van der Waals surface area contributed by atoms with E-state index in [1.165, 1.54) is 27.9 Å². The fourth-order valence-corrected chi connectivity index (χ4v) is 2.97. The summed E-state index contributed by atoms with van der Waals surface area (Å²) in [6.07, 6.45) is 0. The Morgan fingerprint density at radius 1 is 0.941 bits per heavy atom. The first-order valence-corrected chi connectivity index (χ1v) is 6.11. The first-order valence-electron chi connectivity index (χ1n) is 6.11. The number of nitrogens with zero attached hydrogens (tertiary/aromatic N) is 1. The highest BCUT2D eigenvalue weighted by Gasteiger charge is 2.31. The van der Waals surface area contributed by atoms with Gasteiger partial charge < -0.3 is 0 Å². The van der Waals surface area contributed by atoms with Crippen LogP contribution in [0.4, 0.5) is 5.69 Å². The van der Waals surface area contributed by atoms with Crippen LogP contribution in [-0.4, -0.2) is 14.1 Å². The summed E-state index contributed by atoms with van der Waals surface area (Å²) in [7, 11) is 4.56. The number of hydrogen-bond acceptors (Lipinski definition) is 0. The maximum absolute atomic E-state index is 2.28. The van der Waals surface area contributed by atoms with Crippen molar-refractivity contribution in [1.82, 2.24) is 4.48 Å². The molecule has 0 fully saturated rings. The minimum Gasteiger partial charge on any atom is -0.292 e. The molecule has 1 aliphatic rings. The summed E-state index contributed by atoms with van der Waals surface area (Å²) in [6.45, 7) is 3.29. The first kappa shape index (κ1) is 10.5. The van der Waals surface area contributed by atoms with E-state index in [1.807, 2.05) is 0 Å². The minimum atomic E-state index is 0.937. The molecule has 2 aromatic rings. The second-order valence-electron chi connectivity index (χ2n) is 5.47. The fraction of sp³-hybridized carbons (Fsp3) is 0.250. The Morgan fingerprint density at radius 3 is 2.53 bits per heavy atom. The van der Waals surface area contributed by atoms with Crippen molar-refractivity contribution in [1.29, 1.82) is 0 Å². The summed E-state index contributed by atoms with van der Waals surface area (Å²) in [6, 6.07) is 15.4. The standard InChI is InChI=1S/C16H18N/c1-12-7-6-8-13-11-17(2,3)15-10-5-4-9-14(15)16(12)13/h4-10H,11H2,1-3H3/q+1. The molecule has 86 valence electrons. The van der Waals surface area contributed by atoms with Crippen molar-refractivity contribution in [2.45, 2.75) is 13.5 Å². The third-order valence-electron chi connectivity index (χ3n) is 3.75. The number of fused-ring (bicyclic) bond motifs is 3. The van der Waals surface area contributed by atoms with Crippen molar-refractivity contribution in [3.63, 3.8) is 0 Å². The molecule has 1 heterocycles. The van der Waals surface area contributed by atoms with Gasteiger partial charge in [0.2, 0.25) is 0 Å². The Labute approximate surface area is 103 Å². The van der Waals surface area contributed by atoms with Gasteiger partial charge in [-0.05, 0) is 30.2 Å². The Bertz CT molecular complexity index is 582. The predicted octanol–water partition coefficient (Wildman–Crippen LogP) is 3.74. The van der Waals surface area contributed by atoms with E-state index in [1.54, 1.807) is 0 Å². The van der Waals surface area contributed by atoms with Gasteiger partial charge in [0.25, 0.3) is 0 Å². The number of para-hydroxylation sites is 1. The molecule has 1 nitrogen and oxygen atoms in total. The van der Waals surface area contributed by atoms with Crippen molar-refractivity contribution in [3.05, 3.63) is 53.6 Å². The maximum atomic E-state index is 2.28. The van der Waals surface area contributed by atoms with Crippen molar-refractivity contribution >= 4 is 5.69 Å². The van der Waals surface area contributed by atoms with E-state index in [4.69, 9.17) is 0 Å². The second-order valence-corrected chi connectivity index (χ2v) is 5.47. The van der Waals surface area contributed by atoms with Crippen LogP contribution in [0.1, 0.15) is 11.1 Å². The van der Waals surface area contributed by atoms with Gasteiger partial charge in [-0.1, -0.05) is 30.3 Å². The minimum absolute atomic E-state index is 0.937. The number of rotatable bonds is 0. The van der Waals surface area contributed by atoms with Crippen LogP contribution < -0.4 is 4.48 Å². The number of quaternary nitrogens is 1. The van der Waals surface area contributed by atoms with Crippen LogP contribution in [0.2, 0.25) is 0 Å². The van der Waals surface area contributed by atoms with E-state index in [2.05, 4.69) is 63.5 Å². The summed E-state index contributed by atoms with van der Waals surface area (Å²) in [5.41, 5.74) is 7.12. The lowest BCUT2D eigenvalue weighted by atomic mass is 9.89. The van der Waals surface area contributed by atoms with Gasteiger partial charge in [0, 0.05) is 11.1 Å². The normalized spacial score (nSPS) is 16.2. The van der Waals surface area contributed by atoms with Crippen LogP contribution in [0, 0.1) is 6.92 Å². The molecule has 0 radical (unpaired) electrons. The molecule has 0 aliphatic carbocycles. The molecule has 3 rings (SSSR count). The zero-order valence-electron chi connectivity index (χ0n) is 10.7. The van der Waals surface area contributed by atoms with Gasteiger partial charge in [0.05, 0.1) is 14.1 Å². The molecule has 0 bridgehead atoms. The van der Waals surface area contributed by atoms with Crippen LogP contribution in [0.3, 0.4) is 0 Å². The average molecular weight is 224 g/mol. The zero-order valence-corrected chi connectivity index (χ0v) is 10.7. The van der Waals surface area contributed by atoms with Crippen LogP contribution in [0.5, 0.6) is 0 Å². The summed E-state index contributed by atoms with van der Waals surface area (Å²) >= 11 is 0. The van der Waals surface area contributed by atoms with Gasteiger partial charge >= 0.3 is 0 Å². The third kappa shape index (κ3) is 1.50. The highest BCUT2D eigenvalue weighted by atomic mass is 15.3. The number of benzene rings is 2. The molecule has 0 saturated carbocycles. The van der Waals surface area contributed by atoms with Crippen molar-refractivity contribution in [3.8, 4) is 11.1 Å². The monoisotopic (exact) mass is 224 g/mol. The fourth-order valence-electron chi connectivity index (χ4n) is 2.97. The summed E-state index contributed by atoms with van der Waals surface area (Å²) in [5, 5.41) is 0. The molecule has 0 N–H and O–H groups in total. The molecule has 0 amide bonds. The van der Waals surface area contributed by atoms with Crippen LogP contribution in [0.25, 0.3) is 11.1 Å². The smallest absolute Gasteiger partial charge is 0.140 e. The lowest BCUT2D eigenvalue weighted by Gasteiger charge is -2.36. The van der Waals surface area contributed by atoms with Gasteiger partial charge in [-0.3, -0.25) is 4.48 Å². The van der Waals surface area contributed by atoms with Gasteiger partial charge in [-0.2, -0.15) is 0 Å². The van der Waals surface area contributed by atoms with Crippen LogP contribution in [-0.2, 0) is 6.54 Å². The van der Waals surface area contributed by atoms with E-state index >= 15 is 0 Å². The highest BCUT2D eigenvalue weighted by Crippen LogP contribution is 2.42. The van der Waals surface area contributed by atoms with Crippen molar-refractivity contribution in [2.24, 2.45) is 0 Å². The highest BCUT2D eigenvalue weighted by molar-refractivity contribution is 5.83. The lowest BCUT2D eigenvalue weighted by Crippen LogP contribution is -2.42. The summed E-state index contributed by atoms with van der Waals surface area (Å²) < 4.78 is 0.937. The molecule has 0 unspecified atom stereocenters. The molecule has 0 aromatic heterocycles. The lowest BCUT2D eigenvalue weighted by molar-refractivity contribution is 0.388. The average Bonchev–Trinajstić information content (AvgIpc) is 2.28. The molecule has 0 spiro atoms. The first-order chi connectivity index (χ1) is 8.09. The number of hydrogen-bond donors (Lipinski definition) is 0. The SMILES string of the molecule is Cc1cccc2c1-c1ccccc1[N+](C)(C)C2. The quantitative estimate of drug-likeness (QED) is 0.598. The van der Waals surface area contributed by atoms with Gasteiger partial charge in [-0.15, -0.1) is 0 Å². The van der Waals surface area contributed by atoms with Crippen molar-refractivity contribution < 1.29 is 0 Å². The Balaban J connectivity index is 2.37. The predicted molar refractivity (Wildman–Crippen MR) is 74.0 cm³/mol. The Kier molecular flexibility index (Phi) is 2.14. The third-order valence-corrected chi connectivity index (χ3v) is 3.75. The second kappa shape index (κ2) is 3.44. The molecule has 2 aromatic carbocycles. The molecule has 1 aliphatic heterocycles. The van der Waals surface area contributed by atoms with E-state index in [0.717, 1.165) is 11.0 Å². The molecular formula is C16H18N+. The molecule has 0 atom stereocenters. The Morgan fingerprint density at radius 2 is 1.71 bits per heavy atom. The topological polar surface area (TPSA) is 0 Å². The van der Waals surface area contributed by atoms with Gasteiger partial charge in [-0.25, -0.2) is 0 Å². The van der Waals surface area contributed by atoms with Crippen LogP contribution >= 0.6 is 0 Å².